The molecule has 4 heterocycles. The highest BCUT2D eigenvalue weighted by molar-refractivity contribution is 5.81. The van der Waals surface area contributed by atoms with Crippen LogP contribution in [0.2, 0.25) is 0 Å². The molecule has 1 amide bonds. The molecule has 0 unspecified atom stereocenters. The summed E-state index contributed by atoms with van der Waals surface area (Å²) in [5, 5.41) is 1.21. The average Bonchev–Trinajstić information content (AvgIpc) is 3.00. The second kappa shape index (κ2) is 7.60. The summed E-state index contributed by atoms with van der Waals surface area (Å²) < 4.78 is 5.90. The number of carbonyl (C=O) groups is 1. The van der Waals surface area contributed by atoms with Gasteiger partial charge in [-0.15, -0.1) is 0 Å². The molecular weight excluding hydrogens is 340 g/mol. The van der Waals surface area contributed by atoms with Gasteiger partial charge in [0.1, 0.15) is 5.65 Å². The lowest BCUT2D eigenvalue weighted by molar-refractivity contribution is -0.130. The number of aromatic amines is 1. The number of carbonyl (C=O) groups excluding carboxylic acids is 1. The van der Waals surface area contributed by atoms with Crippen LogP contribution in [0.15, 0.2) is 18.3 Å². The molecule has 2 aromatic rings. The van der Waals surface area contributed by atoms with Gasteiger partial charge in [0.2, 0.25) is 5.91 Å². The summed E-state index contributed by atoms with van der Waals surface area (Å²) in [6, 6.07) is 4.17. The molecule has 3 atom stereocenters. The molecule has 1 N–H and O–H groups in total. The van der Waals surface area contributed by atoms with E-state index in [1.165, 1.54) is 16.6 Å². The number of nitrogens with zero attached hydrogens (tertiary/aromatic N) is 3. The Kier molecular flexibility index (Phi) is 5.19. The van der Waals surface area contributed by atoms with Crippen molar-refractivity contribution in [2.45, 2.75) is 58.3 Å². The predicted octanol–water partition coefficient (Wildman–Crippen LogP) is 2.90. The lowest BCUT2D eigenvalue weighted by Crippen LogP contribution is -2.45. The van der Waals surface area contributed by atoms with Crippen molar-refractivity contribution in [1.82, 2.24) is 19.8 Å². The van der Waals surface area contributed by atoms with E-state index in [1.807, 2.05) is 17.2 Å². The highest BCUT2D eigenvalue weighted by Gasteiger charge is 2.29. The van der Waals surface area contributed by atoms with E-state index < -0.39 is 0 Å². The molecule has 27 heavy (non-hydrogen) atoms. The van der Waals surface area contributed by atoms with Crippen LogP contribution in [0.5, 0.6) is 0 Å². The van der Waals surface area contributed by atoms with Gasteiger partial charge in [0.05, 0.1) is 12.2 Å². The summed E-state index contributed by atoms with van der Waals surface area (Å²) in [4.78, 5) is 24.5. The van der Waals surface area contributed by atoms with Crippen molar-refractivity contribution < 1.29 is 9.53 Å². The molecule has 6 nitrogen and oxygen atoms in total. The fourth-order valence-electron chi connectivity index (χ4n) is 4.75. The van der Waals surface area contributed by atoms with Gasteiger partial charge < -0.3 is 14.6 Å². The number of piperidine rings is 1. The van der Waals surface area contributed by atoms with Gasteiger partial charge in [0.15, 0.2) is 0 Å². The molecule has 2 aliphatic heterocycles. The van der Waals surface area contributed by atoms with E-state index in [0.29, 0.717) is 5.92 Å². The molecule has 0 bridgehead atoms. The summed E-state index contributed by atoms with van der Waals surface area (Å²) in [6.45, 7) is 10.4. The number of aromatic nitrogens is 2. The maximum absolute atomic E-state index is 11.9. The number of ether oxygens (including phenoxy) is 1. The SMILES string of the molecule is CC(=O)N1CCC[C@H](c2[nH]c3ncccc3c2CN2C[C@@H](C)O[C@H](C)C2)C1. The van der Waals surface area contributed by atoms with Crippen LogP contribution in [0.4, 0.5) is 0 Å². The molecule has 2 saturated heterocycles. The topological polar surface area (TPSA) is 61.5 Å². The number of fused-ring (bicyclic) bond motifs is 1. The third kappa shape index (κ3) is 3.87. The monoisotopic (exact) mass is 370 g/mol. The van der Waals surface area contributed by atoms with E-state index in [-0.39, 0.29) is 18.1 Å². The number of amides is 1. The zero-order valence-corrected chi connectivity index (χ0v) is 16.6. The Morgan fingerprint density at radius 1 is 1.30 bits per heavy atom. The number of morpholine rings is 1. The Labute approximate surface area is 160 Å². The van der Waals surface area contributed by atoms with Gasteiger partial charge in [0.25, 0.3) is 0 Å². The second-order valence-corrected chi connectivity index (χ2v) is 8.17. The quantitative estimate of drug-likeness (QED) is 0.902. The minimum Gasteiger partial charge on any atom is -0.373 e. The van der Waals surface area contributed by atoms with Gasteiger partial charge in [0, 0.05) is 62.8 Å². The van der Waals surface area contributed by atoms with Gasteiger partial charge in [-0.2, -0.15) is 0 Å². The minimum atomic E-state index is 0.173. The van der Waals surface area contributed by atoms with Gasteiger partial charge in [-0.1, -0.05) is 0 Å². The van der Waals surface area contributed by atoms with Crippen LogP contribution in [0.1, 0.15) is 50.8 Å². The Morgan fingerprint density at radius 3 is 2.81 bits per heavy atom. The first kappa shape index (κ1) is 18.4. The molecule has 2 aliphatic rings. The van der Waals surface area contributed by atoms with E-state index in [4.69, 9.17) is 4.74 Å². The standard InChI is InChI=1S/C21H30N4O2/c1-14-10-24(11-15(2)27-14)13-19-18-7-4-8-22-21(18)23-20(19)17-6-5-9-25(12-17)16(3)26/h4,7-8,14-15,17H,5-6,9-13H2,1-3H3,(H,22,23)/t14-,15-,17+/m1/s1. The molecule has 0 aromatic carbocycles. The van der Waals surface area contributed by atoms with Crippen molar-refractivity contribution in [2.75, 3.05) is 26.2 Å². The molecule has 0 aliphatic carbocycles. The first-order valence-electron chi connectivity index (χ1n) is 10.1. The van der Waals surface area contributed by atoms with Crippen LogP contribution in [-0.2, 0) is 16.1 Å². The Morgan fingerprint density at radius 2 is 2.07 bits per heavy atom. The molecule has 0 saturated carbocycles. The molecule has 2 fully saturated rings. The van der Waals surface area contributed by atoms with Crippen LogP contribution in [-0.4, -0.2) is 64.1 Å². The number of pyridine rings is 1. The first-order valence-corrected chi connectivity index (χ1v) is 10.1. The summed E-state index contributed by atoms with van der Waals surface area (Å²) >= 11 is 0. The van der Waals surface area contributed by atoms with Gasteiger partial charge in [-0.3, -0.25) is 9.69 Å². The lowest BCUT2D eigenvalue weighted by Gasteiger charge is -2.36. The molecule has 6 heteroatoms. The Hall–Kier alpha value is -1.92. The van der Waals surface area contributed by atoms with E-state index in [2.05, 4.69) is 34.8 Å². The van der Waals surface area contributed by atoms with Crippen LogP contribution >= 0.6 is 0 Å². The fraction of sp³-hybridized carbons (Fsp3) is 0.619. The third-order valence-corrected chi connectivity index (χ3v) is 5.86. The van der Waals surface area contributed by atoms with Crippen LogP contribution < -0.4 is 0 Å². The van der Waals surface area contributed by atoms with Crippen molar-refractivity contribution in [1.29, 1.82) is 0 Å². The maximum Gasteiger partial charge on any atom is 0.219 e. The average molecular weight is 370 g/mol. The zero-order chi connectivity index (χ0) is 19.0. The number of hydrogen-bond acceptors (Lipinski definition) is 4. The van der Waals surface area contributed by atoms with E-state index in [1.54, 1.807) is 6.92 Å². The van der Waals surface area contributed by atoms with E-state index in [9.17, 15) is 4.79 Å². The van der Waals surface area contributed by atoms with Crippen molar-refractivity contribution in [3.05, 3.63) is 29.6 Å². The maximum atomic E-state index is 11.9. The normalized spacial score (nSPS) is 27.2. The predicted molar refractivity (Wildman–Crippen MR) is 106 cm³/mol. The van der Waals surface area contributed by atoms with Crippen molar-refractivity contribution >= 4 is 16.9 Å². The number of rotatable bonds is 3. The molecule has 4 rings (SSSR count). The van der Waals surface area contributed by atoms with Crippen LogP contribution in [0.25, 0.3) is 11.0 Å². The van der Waals surface area contributed by atoms with E-state index >= 15 is 0 Å². The molecule has 0 radical (unpaired) electrons. The second-order valence-electron chi connectivity index (χ2n) is 8.17. The van der Waals surface area contributed by atoms with Crippen molar-refractivity contribution in [3.8, 4) is 0 Å². The van der Waals surface area contributed by atoms with Crippen LogP contribution in [0, 0.1) is 0 Å². The van der Waals surface area contributed by atoms with E-state index in [0.717, 1.165) is 51.2 Å². The number of hydrogen-bond donors (Lipinski definition) is 1. The summed E-state index contributed by atoms with van der Waals surface area (Å²) in [5.74, 6) is 0.522. The summed E-state index contributed by atoms with van der Waals surface area (Å²) in [7, 11) is 0. The first-order chi connectivity index (χ1) is 13.0. The van der Waals surface area contributed by atoms with Crippen molar-refractivity contribution in [3.63, 3.8) is 0 Å². The Balaban J connectivity index is 1.66. The smallest absolute Gasteiger partial charge is 0.219 e. The minimum absolute atomic E-state index is 0.173. The third-order valence-electron chi connectivity index (χ3n) is 5.86. The van der Waals surface area contributed by atoms with Gasteiger partial charge in [-0.05, 0) is 44.4 Å². The van der Waals surface area contributed by atoms with Gasteiger partial charge in [-0.25, -0.2) is 4.98 Å². The fourth-order valence-corrected chi connectivity index (χ4v) is 4.75. The highest BCUT2D eigenvalue weighted by atomic mass is 16.5. The molecule has 2 aromatic heterocycles. The molecular formula is C21H30N4O2. The molecule has 0 spiro atoms. The number of H-pyrrole nitrogens is 1. The molecule has 146 valence electrons. The largest absolute Gasteiger partial charge is 0.373 e. The number of likely N-dealkylation sites (tertiary alicyclic amines) is 1. The zero-order valence-electron chi connectivity index (χ0n) is 16.6. The summed E-state index contributed by atoms with van der Waals surface area (Å²) in [5.41, 5.74) is 3.56. The van der Waals surface area contributed by atoms with Crippen LogP contribution in [0.3, 0.4) is 0 Å². The Bertz CT molecular complexity index is 808. The highest BCUT2D eigenvalue weighted by Crippen LogP contribution is 2.33. The summed E-state index contributed by atoms with van der Waals surface area (Å²) in [6.07, 6.45) is 4.51. The van der Waals surface area contributed by atoms with Gasteiger partial charge >= 0.3 is 0 Å². The van der Waals surface area contributed by atoms with Crippen molar-refractivity contribution in [2.24, 2.45) is 0 Å². The lowest BCUT2D eigenvalue weighted by atomic mass is 9.91. The number of nitrogens with one attached hydrogen (secondary N) is 1.